The number of carbonyl (C=O) groups is 1. The van der Waals surface area contributed by atoms with Gasteiger partial charge in [0.05, 0.1) is 23.3 Å². The molecule has 0 saturated carbocycles. The molecule has 0 aliphatic carbocycles. The van der Waals surface area contributed by atoms with Gasteiger partial charge in [-0.3, -0.25) is 0 Å². The minimum Gasteiger partial charge on any atom is -0.493 e. The highest BCUT2D eigenvalue weighted by molar-refractivity contribution is 6.42. The summed E-state index contributed by atoms with van der Waals surface area (Å²) in [5.41, 5.74) is 1.48. The van der Waals surface area contributed by atoms with Crippen molar-refractivity contribution in [1.82, 2.24) is 0 Å². The maximum absolute atomic E-state index is 12.2. The summed E-state index contributed by atoms with van der Waals surface area (Å²) in [6.45, 7) is 3.87. The topological polar surface area (TPSA) is 57.1 Å². The van der Waals surface area contributed by atoms with Crippen molar-refractivity contribution in [3.05, 3.63) is 63.3 Å². The number of benzene rings is 2. The molecule has 2 aromatic rings. The highest BCUT2D eigenvalue weighted by Crippen LogP contribution is 2.31. The second-order valence-electron chi connectivity index (χ2n) is 6.04. The van der Waals surface area contributed by atoms with E-state index >= 15 is 0 Å². The van der Waals surface area contributed by atoms with E-state index < -0.39 is 5.97 Å². The summed E-state index contributed by atoms with van der Waals surface area (Å²) in [5, 5.41) is 0.771. The first-order valence-corrected chi connectivity index (χ1v) is 8.95. The maximum Gasteiger partial charge on any atom is 0.363 e. The maximum atomic E-state index is 12.2. The Hall–Kier alpha value is -2.50. The van der Waals surface area contributed by atoms with Crippen LogP contribution >= 0.6 is 23.2 Å². The molecule has 1 aliphatic heterocycles. The van der Waals surface area contributed by atoms with Gasteiger partial charge in [0.25, 0.3) is 0 Å². The zero-order valence-electron chi connectivity index (χ0n) is 15.0. The van der Waals surface area contributed by atoms with Gasteiger partial charge >= 0.3 is 5.97 Å². The summed E-state index contributed by atoms with van der Waals surface area (Å²) < 4.78 is 16.3. The first kappa shape index (κ1) is 19.3. The summed E-state index contributed by atoms with van der Waals surface area (Å²) >= 11 is 11.9. The molecule has 0 atom stereocenters. The van der Waals surface area contributed by atoms with Gasteiger partial charge in [-0.05, 0) is 55.8 Å². The van der Waals surface area contributed by atoms with E-state index in [9.17, 15) is 4.79 Å². The number of nitrogens with zero attached hydrogens (tertiary/aromatic N) is 1. The number of methoxy groups -OCH3 is 1. The highest BCUT2D eigenvalue weighted by Gasteiger charge is 2.24. The Bertz CT molecular complexity index is 951. The van der Waals surface area contributed by atoms with Crippen LogP contribution in [0.5, 0.6) is 11.5 Å². The molecule has 0 radical (unpaired) electrons. The fraction of sp³-hybridized carbons (Fsp3) is 0.200. The second kappa shape index (κ2) is 8.03. The molecule has 0 saturated heterocycles. The average Bonchev–Trinajstić information content (AvgIpc) is 2.99. The van der Waals surface area contributed by atoms with Crippen LogP contribution in [0.1, 0.15) is 25.0 Å². The van der Waals surface area contributed by atoms with Gasteiger partial charge in [-0.25, -0.2) is 9.79 Å². The van der Waals surface area contributed by atoms with Crippen LogP contribution < -0.4 is 9.47 Å². The smallest absolute Gasteiger partial charge is 0.363 e. The monoisotopic (exact) mass is 405 g/mol. The van der Waals surface area contributed by atoms with Crippen LogP contribution in [-0.4, -0.2) is 25.1 Å². The number of rotatable bonds is 5. The van der Waals surface area contributed by atoms with Crippen LogP contribution in [-0.2, 0) is 9.53 Å². The summed E-state index contributed by atoms with van der Waals surface area (Å²) in [7, 11) is 1.56. The number of ether oxygens (including phenoxy) is 3. The molecule has 3 rings (SSSR count). The Kier molecular flexibility index (Phi) is 5.73. The Morgan fingerprint density at radius 1 is 1.07 bits per heavy atom. The first-order chi connectivity index (χ1) is 12.9. The van der Waals surface area contributed by atoms with Crippen LogP contribution in [0.4, 0.5) is 0 Å². The number of carbonyl (C=O) groups excluding carboxylic acids is 1. The van der Waals surface area contributed by atoms with E-state index in [1.54, 1.807) is 43.5 Å². The predicted octanol–water partition coefficient (Wildman–Crippen LogP) is 5.13. The Labute approximate surface area is 167 Å². The highest BCUT2D eigenvalue weighted by atomic mass is 35.5. The third-order valence-electron chi connectivity index (χ3n) is 3.64. The van der Waals surface area contributed by atoms with Crippen LogP contribution in [0, 0.1) is 0 Å². The van der Waals surface area contributed by atoms with Gasteiger partial charge in [-0.1, -0.05) is 29.3 Å². The van der Waals surface area contributed by atoms with E-state index in [2.05, 4.69) is 4.99 Å². The van der Waals surface area contributed by atoms with Gasteiger partial charge in [-0.15, -0.1) is 0 Å². The lowest BCUT2D eigenvalue weighted by Crippen LogP contribution is -2.06. The minimum atomic E-state index is -0.544. The van der Waals surface area contributed by atoms with Crippen molar-refractivity contribution in [1.29, 1.82) is 0 Å². The third kappa shape index (κ3) is 4.43. The lowest BCUT2D eigenvalue weighted by molar-refractivity contribution is -0.129. The minimum absolute atomic E-state index is 0.0197. The lowest BCUT2D eigenvalue weighted by atomic mass is 10.1. The summed E-state index contributed by atoms with van der Waals surface area (Å²) in [4.78, 5) is 16.4. The summed E-state index contributed by atoms with van der Waals surface area (Å²) in [5.74, 6) is 0.829. The number of aliphatic imine (C=N–C) groups is 1. The molecular formula is C20H17Cl2NO4. The van der Waals surface area contributed by atoms with E-state index in [1.807, 2.05) is 19.9 Å². The molecule has 0 bridgehead atoms. The second-order valence-corrected chi connectivity index (χ2v) is 6.86. The largest absolute Gasteiger partial charge is 0.493 e. The van der Waals surface area contributed by atoms with E-state index in [4.69, 9.17) is 37.4 Å². The molecular weight excluding hydrogens is 389 g/mol. The molecule has 0 fully saturated rings. The number of hydrogen-bond acceptors (Lipinski definition) is 5. The normalized spacial score (nSPS) is 15.1. The van der Waals surface area contributed by atoms with Gasteiger partial charge in [0, 0.05) is 5.56 Å². The zero-order valence-corrected chi connectivity index (χ0v) is 16.5. The van der Waals surface area contributed by atoms with E-state index in [0.717, 1.165) is 5.56 Å². The fourth-order valence-corrected chi connectivity index (χ4v) is 2.74. The molecule has 0 unspecified atom stereocenters. The Morgan fingerprint density at radius 2 is 1.85 bits per heavy atom. The van der Waals surface area contributed by atoms with Crippen LogP contribution in [0.2, 0.25) is 10.0 Å². The molecule has 1 heterocycles. The summed E-state index contributed by atoms with van der Waals surface area (Å²) in [6, 6.07) is 10.3. The van der Waals surface area contributed by atoms with Crippen LogP contribution in [0.3, 0.4) is 0 Å². The molecule has 27 heavy (non-hydrogen) atoms. The number of halogens is 2. The van der Waals surface area contributed by atoms with Crippen molar-refractivity contribution in [2.75, 3.05) is 7.11 Å². The van der Waals surface area contributed by atoms with Gasteiger partial charge in [0.1, 0.15) is 0 Å². The van der Waals surface area contributed by atoms with Crippen molar-refractivity contribution >= 4 is 41.1 Å². The Balaban J connectivity index is 1.91. The molecule has 0 N–H and O–H groups in total. The molecule has 0 spiro atoms. The van der Waals surface area contributed by atoms with E-state index in [0.29, 0.717) is 27.1 Å². The van der Waals surface area contributed by atoms with Crippen molar-refractivity contribution in [2.24, 2.45) is 4.99 Å². The quantitative estimate of drug-likeness (QED) is 0.510. The van der Waals surface area contributed by atoms with Crippen molar-refractivity contribution in [3.63, 3.8) is 0 Å². The Morgan fingerprint density at radius 3 is 2.52 bits per heavy atom. The predicted molar refractivity (Wildman–Crippen MR) is 106 cm³/mol. The third-order valence-corrected chi connectivity index (χ3v) is 4.38. The van der Waals surface area contributed by atoms with Gasteiger partial charge in [-0.2, -0.15) is 0 Å². The van der Waals surface area contributed by atoms with Gasteiger partial charge < -0.3 is 14.2 Å². The SMILES string of the molecule is COc1cc(/C=C2\N=C(c3ccc(Cl)c(Cl)c3)OC2=O)ccc1OC(C)C. The zero-order chi connectivity index (χ0) is 19.6. The standard InChI is InChI=1S/C20H17Cl2NO4/c1-11(2)26-17-7-4-12(9-18(17)25-3)8-16-20(24)27-19(23-16)13-5-6-14(21)15(22)10-13/h4-11H,1-3H3/b16-8-. The first-order valence-electron chi connectivity index (χ1n) is 8.20. The number of esters is 1. The van der Waals surface area contributed by atoms with Gasteiger partial charge in [0.15, 0.2) is 17.2 Å². The average molecular weight is 406 g/mol. The van der Waals surface area contributed by atoms with Gasteiger partial charge in [0.2, 0.25) is 5.90 Å². The molecule has 0 amide bonds. The molecule has 0 aromatic heterocycles. The van der Waals surface area contributed by atoms with Crippen molar-refractivity contribution in [3.8, 4) is 11.5 Å². The number of cyclic esters (lactones) is 1. The fourth-order valence-electron chi connectivity index (χ4n) is 2.44. The summed E-state index contributed by atoms with van der Waals surface area (Å²) in [6.07, 6.45) is 1.64. The van der Waals surface area contributed by atoms with Crippen LogP contribution in [0.15, 0.2) is 47.1 Å². The molecule has 140 valence electrons. The van der Waals surface area contributed by atoms with Crippen molar-refractivity contribution in [2.45, 2.75) is 20.0 Å². The number of hydrogen-bond donors (Lipinski definition) is 0. The van der Waals surface area contributed by atoms with Crippen molar-refractivity contribution < 1.29 is 19.0 Å². The van der Waals surface area contributed by atoms with E-state index in [1.165, 1.54) is 0 Å². The molecule has 2 aromatic carbocycles. The van der Waals surface area contributed by atoms with E-state index in [-0.39, 0.29) is 17.7 Å². The van der Waals surface area contributed by atoms with Crippen LogP contribution in [0.25, 0.3) is 6.08 Å². The molecule has 5 nitrogen and oxygen atoms in total. The lowest BCUT2D eigenvalue weighted by Gasteiger charge is -2.13. The molecule has 7 heteroatoms. The molecule has 1 aliphatic rings.